The lowest BCUT2D eigenvalue weighted by Crippen LogP contribution is -2.54. The number of carbonyl (C=O) groups excluding carboxylic acids is 10. The Kier molecular flexibility index (Phi) is 32.4. The summed E-state index contributed by atoms with van der Waals surface area (Å²) in [5, 5.41) is 8.70. The van der Waals surface area contributed by atoms with Gasteiger partial charge in [-0.2, -0.15) is 0 Å². The number of Topliss-reactive ketones (excluding diaryl/α,β-unsaturated/α-hetero) is 2. The molecule has 2 bridgehead atoms. The number of ketones is 2. The number of carbonyl (C=O) groups is 10. The van der Waals surface area contributed by atoms with Gasteiger partial charge in [-0.05, 0) is 381 Å². The van der Waals surface area contributed by atoms with Crippen molar-refractivity contribution >= 4 is 69.1 Å². The van der Waals surface area contributed by atoms with E-state index in [2.05, 4.69) is 106 Å². The summed E-state index contributed by atoms with van der Waals surface area (Å²) in [7, 11) is -3.63. The molecule has 0 aromatic rings. The molecule has 0 aromatic heterocycles. The Morgan fingerprint density at radius 2 is 0.760 bits per heavy atom. The molecule has 20 nitrogen and oxygen atoms in total. The van der Waals surface area contributed by atoms with Crippen LogP contribution in [0, 0.1) is 179 Å². The van der Waals surface area contributed by atoms with E-state index in [-0.39, 0.29) is 101 Å². The van der Waals surface area contributed by atoms with Crippen LogP contribution < -0.4 is 20.7 Å². The van der Waals surface area contributed by atoms with E-state index in [1.807, 2.05) is 32.4 Å². The summed E-state index contributed by atoms with van der Waals surface area (Å²) in [4.78, 5) is 124. The summed E-state index contributed by atoms with van der Waals surface area (Å²) in [6, 6.07) is 0. The first kappa shape index (κ1) is 101. The molecule has 129 heavy (non-hydrogen) atoms. The van der Waals surface area contributed by atoms with Crippen molar-refractivity contribution in [2.75, 3.05) is 32.5 Å². The van der Waals surface area contributed by atoms with Crippen molar-refractivity contribution in [2.24, 2.45) is 179 Å². The van der Waals surface area contributed by atoms with Gasteiger partial charge in [0.05, 0.1) is 37.2 Å². The van der Waals surface area contributed by atoms with E-state index in [9.17, 15) is 56.4 Å². The highest BCUT2D eigenvalue weighted by Crippen LogP contribution is 2.73. The van der Waals surface area contributed by atoms with Crippen LogP contribution in [0.2, 0.25) is 0 Å². The highest BCUT2D eigenvalue weighted by atomic mass is 32.2. The van der Waals surface area contributed by atoms with Crippen molar-refractivity contribution in [1.29, 1.82) is 0 Å². The first-order valence-electron chi connectivity index (χ1n) is 53.1. The maximum atomic E-state index is 13.0. The molecule has 4 amide bonds. The number of hydrogen-bond donors (Lipinski definition) is 4. The predicted octanol–water partition coefficient (Wildman–Crippen LogP) is 20.8. The Hall–Kier alpha value is -4.95. The second-order valence-corrected chi connectivity index (χ2v) is 50.3. The zero-order chi connectivity index (χ0) is 93.5. The van der Waals surface area contributed by atoms with Crippen LogP contribution >= 0.6 is 0 Å². The fraction of sp³-hybridized carbons (Fsp3) is 0.907. The first-order chi connectivity index (χ1) is 60.9. The third-order valence-electron chi connectivity index (χ3n) is 42.3. The van der Waals surface area contributed by atoms with E-state index in [1.165, 1.54) is 135 Å². The van der Waals surface area contributed by atoms with Crippen LogP contribution in [0.5, 0.6) is 0 Å². The molecule has 15 rings (SSSR count). The van der Waals surface area contributed by atoms with Gasteiger partial charge in [-0.15, -0.1) is 0 Å². The molecule has 26 unspecified atom stereocenters. The van der Waals surface area contributed by atoms with Gasteiger partial charge in [-0.3, -0.25) is 52.7 Å². The summed E-state index contributed by atoms with van der Waals surface area (Å²) in [6.45, 7) is 40.1. The molecule has 0 radical (unpaired) electrons. The van der Waals surface area contributed by atoms with E-state index >= 15 is 0 Å². The van der Waals surface area contributed by atoms with Crippen LogP contribution in [0.4, 0.5) is 0 Å². The highest BCUT2D eigenvalue weighted by molar-refractivity contribution is 7.89. The van der Waals surface area contributed by atoms with Crippen LogP contribution in [0.25, 0.3) is 0 Å². The molecular weight excluding hydrogens is 1640 g/mol. The SMILES string of the molecule is CCC(C)C(=O)OC1CC[C@@]2(C)C(CCC3C4CCC(C(C)CCC(=O)NCC(=O)NS(C)(=O)=O)[C@@]4(C)CCC32)C1.CCC(C)C(=O)OC1CC[C@@]2(C)C(CCC3C4CCC(C(C)CCC(=O)NCCC(=O)C5CCOC5=O)[C@@]4(C)CCC32)C1.CCC(C)C(=O)O[C@H]1CC[C@@]2(C)C(CCC3C4CCC(C(C)CCC(=O)NCCC56CCC(CC5=O)C6(C)C)[C@@]4(C)CCC32)C1. The largest absolute Gasteiger partial charge is 0.465 e. The Bertz CT molecular complexity index is 4110. The Morgan fingerprint density at radius 3 is 1.09 bits per heavy atom. The van der Waals surface area contributed by atoms with Crippen molar-refractivity contribution in [3.63, 3.8) is 0 Å². The number of amides is 4. The van der Waals surface area contributed by atoms with Gasteiger partial charge in [0.15, 0.2) is 0 Å². The van der Waals surface area contributed by atoms with Crippen LogP contribution in [0.3, 0.4) is 0 Å². The minimum absolute atomic E-state index is 0.00642. The molecule has 1 aliphatic heterocycles. The third-order valence-corrected chi connectivity index (χ3v) is 42.9. The normalized spacial score (nSPS) is 40.9. The van der Waals surface area contributed by atoms with Gasteiger partial charge in [-0.1, -0.05) is 118 Å². The summed E-state index contributed by atoms with van der Waals surface area (Å²) in [5.41, 5.74) is 2.03. The van der Waals surface area contributed by atoms with Gasteiger partial charge < -0.3 is 34.9 Å². The van der Waals surface area contributed by atoms with Crippen molar-refractivity contribution in [3.05, 3.63) is 0 Å². The number of hydrogen-bond acceptors (Lipinski definition) is 16. The van der Waals surface area contributed by atoms with Gasteiger partial charge in [0, 0.05) is 57.0 Å². The molecule has 15 aliphatic rings. The lowest BCUT2D eigenvalue weighted by atomic mass is 9.44. The zero-order valence-corrected chi connectivity index (χ0v) is 84.3. The van der Waals surface area contributed by atoms with Crippen molar-refractivity contribution < 1.29 is 75.3 Å². The van der Waals surface area contributed by atoms with Crippen molar-refractivity contribution in [3.8, 4) is 0 Å². The molecule has 0 spiro atoms. The number of ether oxygens (including phenoxy) is 4. The molecule has 1 saturated heterocycles. The maximum absolute atomic E-state index is 13.0. The highest BCUT2D eigenvalue weighted by Gasteiger charge is 2.67. The summed E-state index contributed by atoms with van der Waals surface area (Å²) in [5.74, 6) is 11.5. The lowest BCUT2D eigenvalue weighted by Gasteiger charge is -2.61. The second-order valence-electron chi connectivity index (χ2n) is 48.5. The molecular formula is C108H176N4O16S. The average Bonchev–Trinajstić information content (AvgIpc) is 1.33. The molecule has 21 heteroatoms. The van der Waals surface area contributed by atoms with Gasteiger partial charge in [0.2, 0.25) is 27.7 Å². The van der Waals surface area contributed by atoms with E-state index < -0.39 is 27.8 Å². The number of nitrogens with one attached hydrogen (secondary N) is 4. The molecule has 33 atom stereocenters. The van der Waals surface area contributed by atoms with Gasteiger partial charge >= 0.3 is 23.9 Å². The van der Waals surface area contributed by atoms with Crippen LogP contribution in [0.1, 0.15) is 387 Å². The van der Waals surface area contributed by atoms with E-state index in [0.717, 1.165) is 162 Å². The number of fused-ring (bicyclic) bond motifs is 17. The molecule has 1 heterocycles. The summed E-state index contributed by atoms with van der Waals surface area (Å²) >= 11 is 0. The smallest absolute Gasteiger partial charge is 0.316 e. The zero-order valence-electron chi connectivity index (χ0n) is 83.5. The first-order valence-corrected chi connectivity index (χ1v) is 55.0. The fourth-order valence-electron chi connectivity index (χ4n) is 33.7. The maximum Gasteiger partial charge on any atom is 0.316 e. The van der Waals surface area contributed by atoms with Gasteiger partial charge in [-0.25, -0.2) is 8.42 Å². The fourth-order valence-corrected chi connectivity index (χ4v) is 34.2. The Morgan fingerprint density at radius 1 is 0.403 bits per heavy atom. The number of cyclic esters (lactones) is 1. The number of esters is 4. The summed E-state index contributed by atoms with van der Waals surface area (Å²) < 4.78 is 47.1. The molecule has 0 aromatic carbocycles. The Labute approximate surface area is 778 Å². The predicted molar refractivity (Wildman–Crippen MR) is 503 cm³/mol. The van der Waals surface area contributed by atoms with E-state index in [1.54, 1.807) is 0 Å². The van der Waals surface area contributed by atoms with Crippen molar-refractivity contribution in [2.45, 2.75) is 406 Å². The van der Waals surface area contributed by atoms with Crippen LogP contribution in [0.15, 0.2) is 0 Å². The van der Waals surface area contributed by atoms with Crippen LogP contribution in [-0.2, 0) is 76.9 Å². The average molecular weight is 1820 g/mol. The topological polar surface area (TPSA) is 290 Å². The van der Waals surface area contributed by atoms with E-state index in [4.69, 9.17) is 18.9 Å². The standard InChI is InChI=1S/C40H65NO4.C36H57NO6.C32H54N2O6S/c1-8-25(2)36(44)45-29-16-18-38(6)28(23-29)10-11-30-32-13-12-31(39(32,7)19-17-33(30)38)26(3)9-14-35(43)41-22-21-40-20-15-27(24-34(40)42)37(40,4)5;1-6-22(2)33(40)43-25-13-17-35(4)24(21-25)8-9-26-29-11-10-28(36(29,5)18-14-30(26)35)23(3)7-12-32(39)37-19-15-31(38)27-16-20-42-34(27)41;1-7-20(2)30(37)40-23-14-16-31(4)22(18-23)9-10-24-26-12-11-25(32(26,5)17-15-27(24)31)21(3)8-13-28(35)33-19-29(36)34-41(6,38)39/h25-33H,8-24H2,1-7H3,(H,41,43);22-30H,6-21H2,1-5H3,(H,37,39);20-27H,7-19H2,1-6H3,(H,33,35)(H,34,36)/t25?,26?,27?,28?,29-,30?,31?,32?,33?,38-,39+,40?;22?,23?,24?,25?,26?,27?,28?,29?,30?,35-,36+;20?,21?,22?,23?,24?,25?,26?,27?,31-,32+/m000/s1. The number of rotatable bonds is 31. The number of sulfonamides is 1. The molecule has 730 valence electrons. The van der Waals surface area contributed by atoms with E-state index in [0.29, 0.717) is 143 Å². The lowest BCUT2D eigenvalue weighted by molar-refractivity contribution is -0.167. The minimum atomic E-state index is -3.63. The molecule has 14 saturated carbocycles. The van der Waals surface area contributed by atoms with Crippen LogP contribution in [-0.4, -0.2) is 118 Å². The van der Waals surface area contributed by atoms with Crippen molar-refractivity contribution in [1.82, 2.24) is 20.7 Å². The quantitative estimate of drug-likeness (QED) is 0.0285. The van der Waals surface area contributed by atoms with Gasteiger partial charge in [0.25, 0.3) is 5.91 Å². The summed E-state index contributed by atoms with van der Waals surface area (Å²) in [6.07, 6.45) is 45.3. The third kappa shape index (κ3) is 20.9. The monoisotopic (exact) mass is 1820 g/mol. The van der Waals surface area contributed by atoms with Gasteiger partial charge in [0.1, 0.15) is 35.8 Å². The second kappa shape index (κ2) is 41.2. The molecule has 15 fully saturated rings. The Balaban J connectivity index is 0.000000165. The molecule has 14 aliphatic carbocycles. The minimum Gasteiger partial charge on any atom is -0.465 e. The molecule has 4 N–H and O–H groups in total.